The fourth-order valence-electron chi connectivity index (χ4n) is 2.53. The zero-order valence-electron chi connectivity index (χ0n) is 11.6. The van der Waals surface area contributed by atoms with Crippen LogP contribution < -0.4 is 11.3 Å². The Morgan fingerprint density at radius 3 is 2.30 bits per heavy atom. The summed E-state index contributed by atoms with van der Waals surface area (Å²) in [4.78, 5) is 0. The van der Waals surface area contributed by atoms with Gasteiger partial charge in [0.2, 0.25) is 0 Å². The first-order valence-corrected chi connectivity index (χ1v) is 6.49. The van der Waals surface area contributed by atoms with Crippen molar-refractivity contribution in [2.75, 3.05) is 0 Å². The van der Waals surface area contributed by atoms with Crippen LogP contribution in [0.3, 0.4) is 0 Å². The van der Waals surface area contributed by atoms with E-state index in [1.54, 1.807) is 0 Å². The van der Waals surface area contributed by atoms with Gasteiger partial charge in [-0.1, -0.05) is 24.3 Å². The summed E-state index contributed by atoms with van der Waals surface area (Å²) in [5, 5.41) is 0. The molecule has 0 spiro atoms. The topological polar surface area (TPSA) is 38.0 Å². The van der Waals surface area contributed by atoms with Crippen molar-refractivity contribution in [3.63, 3.8) is 0 Å². The van der Waals surface area contributed by atoms with Crippen LogP contribution in [0, 0.1) is 25.5 Å². The van der Waals surface area contributed by atoms with Gasteiger partial charge in [-0.05, 0) is 48.6 Å². The molecule has 1 atom stereocenters. The molecule has 0 aromatic heterocycles. The van der Waals surface area contributed by atoms with Gasteiger partial charge in [-0.2, -0.15) is 0 Å². The average molecular weight is 276 g/mol. The number of rotatable bonds is 4. The van der Waals surface area contributed by atoms with Crippen LogP contribution >= 0.6 is 0 Å². The van der Waals surface area contributed by atoms with E-state index < -0.39 is 11.6 Å². The van der Waals surface area contributed by atoms with Gasteiger partial charge in [0, 0.05) is 6.07 Å². The van der Waals surface area contributed by atoms with Gasteiger partial charge in [0.15, 0.2) is 0 Å². The summed E-state index contributed by atoms with van der Waals surface area (Å²) in [6.45, 7) is 3.99. The van der Waals surface area contributed by atoms with Gasteiger partial charge >= 0.3 is 0 Å². The first kappa shape index (κ1) is 14.6. The van der Waals surface area contributed by atoms with Gasteiger partial charge in [0.05, 0.1) is 6.04 Å². The third-order valence-electron chi connectivity index (χ3n) is 3.53. The predicted molar refractivity (Wildman–Crippen MR) is 76.0 cm³/mol. The predicted octanol–water partition coefficient (Wildman–Crippen LogP) is 3.33. The molecule has 0 saturated heterocycles. The number of hydrazine groups is 1. The molecule has 0 fully saturated rings. The molecule has 1 unspecified atom stereocenters. The van der Waals surface area contributed by atoms with E-state index in [2.05, 4.69) is 5.43 Å². The Labute approximate surface area is 117 Å². The highest BCUT2D eigenvalue weighted by molar-refractivity contribution is 5.37. The van der Waals surface area contributed by atoms with Gasteiger partial charge in [0.1, 0.15) is 11.6 Å². The zero-order valence-corrected chi connectivity index (χ0v) is 11.6. The third kappa shape index (κ3) is 3.03. The van der Waals surface area contributed by atoms with E-state index in [9.17, 15) is 8.78 Å². The van der Waals surface area contributed by atoms with Crippen molar-refractivity contribution in [3.8, 4) is 0 Å². The summed E-state index contributed by atoms with van der Waals surface area (Å²) in [6, 6.07) is 9.37. The summed E-state index contributed by atoms with van der Waals surface area (Å²) >= 11 is 0. The van der Waals surface area contributed by atoms with E-state index in [1.165, 1.54) is 12.1 Å². The fourth-order valence-corrected chi connectivity index (χ4v) is 2.53. The zero-order chi connectivity index (χ0) is 14.7. The molecule has 3 N–H and O–H groups in total. The summed E-state index contributed by atoms with van der Waals surface area (Å²) < 4.78 is 26.7. The minimum absolute atomic E-state index is 0.212. The number of aryl methyl sites for hydroxylation is 2. The highest BCUT2D eigenvalue weighted by atomic mass is 19.1. The molecule has 0 saturated carbocycles. The lowest BCUT2D eigenvalue weighted by Crippen LogP contribution is -2.31. The van der Waals surface area contributed by atoms with Crippen LogP contribution in [0.4, 0.5) is 8.78 Å². The van der Waals surface area contributed by atoms with Crippen LogP contribution in [0.1, 0.15) is 28.3 Å². The maximum atomic E-state index is 13.8. The van der Waals surface area contributed by atoms with E-state index in [-0.39, 0.29) is 6.04 Å². The molecule has 0 aliphatic carbocycles. The number of hydrogen-bond donors (Lipinski definition) is 2. The lowest BCUT2D eigenvalue weighted by atomic mass is 9.92. The second-order valence-corrected chi connectivity index (χ2v) is 4.96. The van der Waals surface area contributed by atoms with Crippen molar-refractivity contribution < 1.29 is 8.78 Å². The Hall–Kier alpha value is -1.78. The molecule has 0 heterocycles. The maximum Gasteiger partial charge on any atom is 0.129 e. The molecule has 2 aromatic rings. The SMILES string of the molecule is Cc1cccc(C)c1C(Cc1ccc(F)cc1F)NN. The smallest absolute Gasteiger partial charge is 0.129 e. The fraction of sp³-hybridized carbons (Fsp3) is 0.250. The minimum atomic E-state index is -0.574. The number of halogens is 2. The van der Waals surface area contributed by atoms with Gasteiger partial charge < -0.3 is 0 Å². The average Bonchev–Trinajstić information content (AvgIpc) is 2.39. The van der Waals surface area contributed by atoms with Gasteiger partial charge in [-0.15, -0.1) is 0 Å². The third-order valence-corrected chi connectivity index (χ3v) is 3.53. The van der Waals surface area contributed by atoms with Crippen LogP contribution in [-0.2, 0) is 6.42 Å². The molecule has 106 valence electrons. The van der Waals surface area contributed by atoms with Crippen LogP contribution in [0.5, 0.6) is 0 Å². The molecule has 4 heteroatoms. The number of nitrogens with one attached hydrogen (secondary N) is 1. The molecule has 0 radical (unpaired) electrons. The van der Waals surface area contributed by atoms with E-state index >= 15 is 0 Å². The standard InChI is InChI=1S/C16H18F2N2/c1-10-4-3-5-11(2)16(10)15(20-19)8-12-6-7-13(17)9-14(12)18/h3-7,9,15,20H,8,19H2,1-2H3. The summed E-state index contributed by atoms with van der Waals surface area (Å²) in [6.07, 6.45) is 0.369. The quantitative estimate of drug-likeness (QED) is 0.664. The van der Waals surface area contributed by atoms with Gasteiger partial charge in [-0.3, -0.25) is 11.3 Å². The highest BCUT2D eigenvalue weighted by Gasteiger charge is 2.17. The minimum Gasteiger partial charge on any atom is -0.271 e. The highest BCUT2D eigenvalue weighted by Crippen LogP contribution is 2.25. The van der Waals surface area contributed by atoms with E-state index in [0.717, 1.165) is 22.8 Å². The molecule has 2 nitrogen and oxygen atoms in total. The van der Waals surface area contributed by atoms with Crippen LogP contribution in [0.25, 0.3) is 0 Å². The maximum absolute atomic E-state index is 13.8. The first-order valence-electron chi connectivity index (χ1n) is 6.49. The Morgan fingerprint density at radius 1 is 1.10 bits per heavy atom. The molecular formula is C16H18F2N2. The number of hydrogen-bond acceptors (Lipinski definition) is 2. The summed E-state index contributed by atoms with van der Waals surface area (Å²) in [7, 11) is 0. The van der Waals surface area contributed by atoms with E-state index in [1.807, 2.05) is 32.0 Å². The Balaban J connectivity index is 2.34. The largest absolute Gasteiger partial charge is 0.271 e. The molecule has 2 aromatic carbocycles. The monoisotopic (exact) mass is 276 g/mol. The van der Waals surface area contributed by atoms with Gasteiger partial charge in [-0.25, -0.2) is 8.78 Å². The molecule has 2 rings (SSSR count). The van der Waals surface area contributed by atoms with Crippen molar-refractivity contribution >= 4 is 0 Å². The molecule has 0 bridgehead atoms. The second-order valence-electron chi connectivity index (χ2n) is 4.96. The molecule has 0 aliphatic heterocycles. The Bertz CT molecular complexity index is 591. The second kappa shape index (κ2) is 6.11. The van der Waals surface area contributed by atoms with Crippen molar-refractivity contribution in [1.29, 1.82) is 0 Å². The summed E-state index contributed by atoms with van der Waals surface area (Å²) in [5.41, 5.74) is 6.41. The van der Waals surface area contributed by atoms with Crippen molar-refractivity contribution in [3.05, 3.63) is 70.3 Å². The molecule has 0 aliphatic rings. The van der Waals surface area contributed by atoms with Crippen molar-refractivity contribution in [2.45, 2.75) is 26.3 Å². The normalized spacial score (nSPS) is 12.4. The van der Waals surface area contributed by atoms with E-state index in [4.69, 9.17) is 5.84 Å². The van der Waals surface area contributed by atoms with Crippen molar-refractivity contribution in [2.24, 2.45) is 5.84 Å². The molecular weight excluding hydrogens is 258 g/mol. The first-order chi connectivity index (χ1) is 9.52. The summed E-state index contributed by atoms with van der Waals surface area (Å²) in [5.74, 6) is 4.51. The van der Waals surface area contributed by atoms with Crippen molar-refractivity contribution in [1.82, 2.24) is 5.43 Å². The molecule has 0 amide bonds. The van der Waals surface area contributed by atoms with Gasteiger partial charge in [0.25, 0.3) is 0 Å². The van der Waals surface area contributed by atoms with Crippen LogP contribution in [0.15, 0.2) is 36.4 Å². The number of benzene rings is 2. The molecule has 20 heavy (non-hydrogen) atoms. The van der Waals surface area contributed by atoms with Crippen LogP contribution in [0.2, 0.25) is 0 Å². The van der Waals surface area contributed by atoms with E-state index in [0.29, 0.717) is 12.0 Å². The Kier molecular flexibility index (Phi) is 4.47. The number of nitrogens with two attached hydrogens (primary N) is 1. The lowest BCUT2D eigenvalue weighted by molar-refractivity contribution is 0.518. The lowest BCUT2D eigenvalue weighted by Gasteiger charge is -2.21. The Morgan fingerprint density at radius 2 is 1.75 bits per heavy atom. The van der Waals surface area contributed by atoms with Crippen LogP contribution in [-0.4, -0.2) is 0 Å².